The first-order valence-electron chi connectivity index (χ1n) is 9.73. The Morgan fingerprint density at radius 3 is 2.57 bits per heavy atom. The van der Waals surface area contributed by atoms with Crippen LogP contribution in [0.3, 0.4) is 0 Å². The van der Waals surface area contributed by atoms with E-state index in [9.17, 15) is 0 Å². The van der Waals surface area contributed by atoms with Crippen LogP contribution in [0.4, 0.5) is 0 Å². The van der Waals surface area contributed by atoms with Crippen LogP contribution in [-0.2, 0) is 6.54 Å². The molecule has 2 aliphatic rings. The van der Waals surface area contributed by atoms with Crippen LogP contribution in [0, 0.1) is 0 Å². The van der Waals surface area contributed by atoms with Crippen molar-refractivity contribution in [3.8, 4) is 5.69 Å². The molecule has 0 atom stereocenters. The Morgan fingerprint density at radius 1 is 1.00 bits per heavy atom. The van der Waals surface area contributed by atoms with Crippen molar-refractivity contribution in [1.29, 1.82) is 0 Å². The Balaban J connectivity index is 1.65. The molecule has 0 bridgehead atoms. The van der Waals surface area contributed by atoms with Gasteiger partial charge in [-0.2, -0.15) is 0 Å². The third-order valence-electron chi connectivity index (χ3n) is 5.72. The number of aliphatic imine (C=N–C) groups is 1. The smallest absolute Gasteiger partial charge is 0.159 e. The second kappa shape index (κ2) is 7.15. The molecule has 0 radical (unpaired) electrons. The zero-order valence-corrected chi connectivity index (χ0v) is 16.6. The number of hydrogen-bond acceptors (Lipinski definition) is 4. The molecule has 2 aromatic carbocycles. The fraction of sp³-hybridized carbons (Fsp3) is 0.318. The molecule has 1 aromatic heterocycles. The number of nitrogens with zero attached hydrogens (tertiary/aromatic N) is 5. The highest BCUT2D eigenvalue weighted by molar-refractivity contribution is 6.31. The largest absolute Gasteiger partial charge is 0.306 e. The van der Waals surface area contributed by atoms with Gasteiger partial charge >= 0.3 is 0 Å². The fourth-order valence-corrected chi connectivity index (χ4v) is 4.37. The van der Waals surface area contributed by atoms with E-state index in [-0.39, 0.29) is 0 Å². The van der Waals surface area contributed by atoms with E-state index in [0.29, 0.717) is 17.5 Å². The zero-order valence-electron chi connectivity index (χ0n) is 15.8. The molecule has 2 aliphatic heterocycles. The van der Waals surface area contributed by atoms with Crippen molar-refractivity contribution in [2.75, 3.05) is 20.1 Å². The molecular weight excluding hydrogens is 370 g/mol. The molecule has 142 valence electrons. The van der Waals surface area contributed by atoms with Crippen molar-refractivity contribution in [3.05, 3.63) is 76.3 Å². The summed E-state index contributed by atoms with van der Waals surface area (Å²) in [7, 11) is 2.18. The molecule has 28 heavy (non-hydrogen) atoms. The first-order valence-corrected chi connectivity index (χ1v) is 10.1. The molecule has 0 N–H and O–H groups in total. The van der Waals surface area contributed by atoms with Gasteiger partial charge in [0, 0.05) is 22.1 Å². The maximum Gasteiger partial charge on any atom is 0.159 e. The van der Waals surface area contributed by atoms with E-state index in [1.807, 2.05) is 30.3 Å². The molecule has 3 heterocycles. The predicted octanol–water partition coefficient (Wildman–Crippen LogP) is 4.08. The molecule has 3 aromatic rings. The van der Waals surface area contributed by atoms with Crippen LogP contribution in [-0.4, -0.2) is 45.5 Å². The molecular formula is C22H22ClN5. The summed E-state index contributed by atoms with van der Waals surface area (Å²) >= 11 is 6.39. The third kappa shape index (κ3) is 3.05. The molecule has 0 unspecified atom stereocenters. The number of fused-ring (bicyclic) bond motifs is 3. The van der Waals surface area contributed by atoms with Crippen LogP contribution in [0.15, 0.2) is 53.5 Å². The molecule has 6 heteroatoms. The predicted molar refractivity (Wildman–Crippen MR) is 112 cm³/mol. The van der Waals surface area contributed by atoms with E-state index in [4.69, 9.17) is 16.6 Å². The molecule has 0 saturated carbocycles. The second-order valence-corrected chi connectivity index (χ2v) is 8.02. The highest BCUT2D eigenvalue weighted by atomic mass is 35.5. The number of aromatic nitrogens is 3. The Morgan fingerprint density at radius 2 is 1.79 bits per heavy atom. The minimum Gasteiger partial charge on any atom is -0.306 e. The minimum atomic E-state index is 0.416. The average molecular weight is 392 g/mol. The van der Waals surface area contributed by atoms with Gasteiger partial charge in [0.15, 0.2) is 5.82 Å². The lowest BCUT2D eigenvalue weighted by Gasteiger charge is -2.28. The monoisotopic (exact) mass is 391 g/mol. The summed E-state index contributed by atoms with van der Waals surface area (Å²) in [4.78, 5) is 7.29. The molecule has 5 rings (SSSR count). The van der Waals surface area contributed by atoms with Gasteiger partial charge in [-0.1, -0.05) is 41.9 Å². The van der Waals surface area contributed by atoms with E-state index in [1.165, 1.54) is 0 Å². The number of piperidine rings is 1. The number of benzene rings is 2. The van der Waals surface area contributed by atoms with Crippen molar-refractivity contribution >= 4 is 17.3 Å². The Kier molecular flexibility index (Phi) is 4.49. The van der Waals surface area contributed by atoms with Gasteiger partial charge in [0.1, 0.15) is 12.4 Å². The average Bonchev–Trinajstić information content (AvgIpc) is 3.06. The van der Waals surface area contributed by atoms with Crippen molar-refractivity contribution in [3.63, 3.8) is 0 Å². The number of likely N-dealkylation sites (tertiary alicyclic amines) is 1. The van der Waals surface area contributed by atoms with Crippen LogP contribution < -0.4 is 0 Å². The first kappa shape index (κ1) is 17.6. The van der Waals surface area contributed by atoms with E-state index in [2.05, 4.69) is 44.9 Å². The third-order valence-corrected chi connectivity index (χ3v) is 5.95. The Labute approximate surface area is 169 Å². The lowest BCUT2D eigenvalue weighted by molar-refractivity contribution is 0.250. The topological polar surface area (TPSA) is 46.3 Å². The van der Waals surface area contributed by atoms with Crippen molar-refractivity contribution in [2.24, 2.45) is 4.99 Å². The number of halogens is 1. The summed E-state index contributed by atoms with van der Waals surface area (Å²) in [6.45, 7) is 2.69. The zero-order chi connectivity index (χ0) is 19.1. The lowest BCUT2D eigenvalue weighted by atomic mass is 9.95. The maximum atomic E-state index is 6.39. The summed E-state index contributed by atoms with van der Waals surface area (Å²) < 4.78 is 2.22. The van der Waals surface area contributed by atoms with Gasteiger partial charge in [-0.3, -0.25) is 9.56 Å². The van der Waals surface area contributed by atoms with Crippen LogP contribution in [0.1, 0.15) is 41.5 Å². The minimum absolute atomic E-state index is 0.416. The first-order chi connectivity index (χ1) is 13.7. The SMILES string of the molecule is CN1CCC(c2nnc3n2-c2ccc(Cl)cc2C(c2ccccc2)=NC3)CC1. The number of hydrogen-bond donors (Lipinski definition) is 0. The molecule has 1 saturated heterocycles. The van der Waals surface area contributed by atoms with Gasteiger partial charge in [-0.05, 0) is 51.2 Å². The summed E-state index contributed by atoms with van der Waals surface area (Å²) in [5, 5.41) is 9.83. The van der Waals surface area contributed by atoms with Crippen LogP contribution in [0.5, 0.6) is 0 Å². The van der Waals surface area contributed by atoms with Gasteiger partial charge in [-0.15, -0.1) is 10.2 Å². The normalized spacial score (nSPS) is 17.6. The standard InChI is InChI=1S/C22H22ClN5/c1-27-11-9-16(10-12-27)22-26-25-20-14-24-21(15-5-3-2-4-6-15)18-13-17(23)7-8-19(18)28(20)22/h2-8,13,16H,9-12,14H2,1H3. The lowest BCUT2D eigenvalue weighted by Crippen LogP contribution is -2.30. The molecule has 1 fully saturated rings. The van der Waals surface area contributed by atoms with Gasteiger partial charge in [0.2, 0.25) is 0 Å². The van der Waals surface area contributed by atoms with E-state index in [0.717, 1.165) is 60.1 Å². The van der Waals surface area contributed by atoms with Crippen molar-refractivity contribution in [1.82, 2.24) is 19.7 Å². The molecule has 0 amide bonds. The fourth-order valence-electron chi connectivity index (χ4n) is 4.20. The molecule has 0 spiro atoms. The van der Waals surface area contributed by atoms with Gasteiger partial charge in [0.25, 0.3) is 0 Å². The second-order valence-electron chi connectivity index (χ2n) is 7.58. The highest BCUT2D eigenvalue weighted by Crippen LogP contribution is 2.33. The Hall–Kier alpha value is -2.50. The van der Waals surface area contributed by atoms with Crippen LogP contribution in [0.25, 0.3) is 5.69 Å². The maximum absolute atomic E-state index is 6.39. The van der Waals surface area contributed by atoms with Gasteiger partial charge in [0.05, 0.1) is 11.4 Å². The molecule has 0 aliphatic carbocycles. The van der Waals surface area contributed by atoms with E-state index >= 15 is 0 Å². The van der Waals surface area contributed by atoms with Gasteiger partial charge in [-0.25, -0.2) is 0 Å². The summed E-state index contributed by atoms with van der Waals surface area (Å²) in [6, 6.07) is 16.3. The van der Waals surface area contributed by atoms with Crippen molar-refractivity contribution < 1.29 is 0 Å². The van der Waals surface area contributed by atoms with E-state index < -0.39 is 0 Å². The molecule has 5 nitrogen and oxygen atoms in total. The van der Waals surface area contributed by atoms with Crippen LogP contribution in [0.2, 0.25) is 5.02 Å². The summed E-state index contributed by atoms with van der Waals surface area (Å²) in [5.41, 5.74) is 4.15. The quantitative estimate of drug-likeness (QED) is 0.661. The van der Waals surface area contributed by atoms with Gasteiger partial charge < -0.3 is 4.90 Å². The Bertz CT molecular complexity index is 1030. The highest BCUT2D eigenvalue weighted by Gasteiger charge is 2.28. The van der Waals surface area contributed by atoms with Crippen LogP contribution >= 0.6 is 11.6 Å². The van der Waals surface area contributed by atoms with E-state index in [1.54, 1.807) is 0 Å². The van der Waals surface area contributed by atoms with Crippen molar-refractivity contribution in [2.45, 2.75) is 25.3 Å². The summed E-state index contributed by atoms with van der Waals surface area (Å²) in [6.07, 6.45) is 2.20. The summed E-state index contributed by atoms with van der Waals surface area (Å²) in [5.74, 6) is 2.36. The number of rotatable bonds is 2.